The summed E-state index contributed by atoms with van der Waals surface area (Å²) in [7, 11) is 0. The van der Waals surface area contributed by atoms with Gasteiger partial charge < -0.3 is 14.5 Å². The molecule has 0 aromatic heterocycles. The predicted molar refractivity (Wildman–Crippen MR) is 106 cm³/mol. The van der Waals surface area contributed by atoms with Crippen molar-refractivity contribution in [2.24, 2.45) is 0 Å². The van der Waals surface area contributed by atoms with Crippen LogP contribution in [0.25, 0.3) is 0 Å². The maximum atomic E-state index is 12.5. The fourth-order valence-corrected chi connectivity index (χ4v) is 3.45. The van der Waals surface area contributed by atoms with E-state index in [2.05, 4.69) is 24.0 Å². The average molecular weight is 373 g/mol. The molecule has 0 N–H and O–H groups in total. The SMILES string of the molecule is Cc1cc(C)c(C)c(OCC(=O)N2CCN(c3cccc(Cl)c3)CC2)c1. The van der Waals surface area contributed by atoms with Gasteiger partial charge in [-0.1, -0.05) is 23.7 Å². The second-order valence-electron chi connectivity index (χ2n) is 6.84. The second-order valence-corrected chi connectivity index (χ2v) is 7.28. The first kappa shape index (κ1) is 18.6. The van der Waals surface area contributed by atoms with Gasteiger partial charge in [0, 0.05) is 36.9 Å². The Morgan fingerprint density at radius 3 is 2.50 bits per heavy atom. The zero-order valence-corrected chi connectivity index (χ0v) is 16.3. The van der Waals surface area contributed by atoms with Crippen molar-refractivity contribution in [1.82, 2.24) is 4.90 Å². The summed E-state index contributed by atoms with van der Waals surface area (Å²) in [5, 5.41) is 0.734. The molecule has 1 fully saturated rings. The molecular weight excluding hydrogens is 348 g/mol. The summed E-state index contributed by atoms with van der Waals surface area (Å²) >= 11 is 6.07. The van der Waals surface area contributed by atoms with Gasteiger partial charge in [0.05, 0.1) is 0 Å². The number of amides is 1. The van der Waals surface area contributed by atoms with Crippen LogP contribution in [-0.4, -0.2) is 43.6 Å². The molecule has 4 nitrogen and oxygen atoms in total. The van der Waals surface area contributed by atoms with Crippen molar-refractivity contribution in [3.63, 3.8) is 0 Å². The van der Waals surface area contributed by atoms with Crippen molar-refractivity contribution in [2.75, 3.05) is 37.7 Å². The molecule has 0 unspecified atom stereocenters. The summed E-state index contributed by atoms with van der Waals surface area (Å²) in [5.74, 6) is 0.836. The quantitative estimate of drug-likeness (QED) is 0.813. The van der Waals surface area contributed by atoms with Crippen molar-refractivity contribution in [3.05, 3.63) is 58.1 Å². The van der Waals surface area contributed by atoms with Gasteiger partial charge in [0.25, 0.3) is 5.91 Å². The number of anilines is 1. The molecule has 1 amide bonds. The Hall–Kier alpha value is -2.20. The number of benzene rings is 2. The molecule has 2 aromatic rings. The monoisotopic (exact) mass is 372 g/mol. The molecule has 0 aliphatic carbocycles. The molecule has 138 valence electrons. The molecule has 0 atom stereocenters. The summed E-state index contributed by atoms with van der Waals surface area (Å²) in [6, 6.07) is 12.0. The normalized spacial score (nSPS) is 14.5. The summed E-state index contributed by atoms with van der Waals surface area (Å²) in [5.41, 5.74) is 4.52. The van der Waals surface area contributed by atoms with E-state index in [0.29, 0.717) is 13.1 Å². The number of carbonyl (C=O) groups excluding carboxylic acids is 1. The van der Waals surface area contributed by atoms with Crippen molar-refractivity contribution in [1.29, 1.82) is 0 Å². The van der Waals surface area contributed by atoms with E-state index >= 15 is 0 Å². The van der Waals surface area contributed by atoms with Gasteiger partial charge in [0.2, 0.25) is 0 Å². The van der Waals surface area contributed by atoms with Crippen molar-refractivity contribution in [2.45, 2.75) is 20.8 Å². The van der Waals surface area contributed by atoms with Crippen LogP contribution in [0.3, 0.4) is 0 Å². The number of carbonyl (C=O) groups is 1. The molecule has 1 saturated heterocycles. The number of nitrogens with zero attached hydrogens (tertiary/aromatic N) is 2. The summed E-state index contributed by atoms with van der Waals surface area (Å²) in [6.07, 6.45) is 0. The van der Waals surface area contributed by atoms with Crippen LogP contribution in [-0.2, 0) is 4.79 Å². The lowest BCUT2D eigenvalue weighted by Gasteiger charge is -2.36. The Kier molecular flexibility index (Phi) is 5.72. The van der Waals surface area contributed by atoms with E-state index in [1.807, 2.05) is 43.0 Å². The smallest absolute Gasteiger partial charge is 0.260 e. The number of aryl methyl sites for hydroxylation is 2. The first-order valence-corrected chi connectivity index (χ1v) is 9.31. The summed E-state index contributed by atoms with van der Waals surface area (Å²) < 4.78 is 5.82. The number of piperazine rings is 1. The van der Waals surface area contributed by atoms with E-state index in [9.17, 15) is 4.79 Å². The van der Waals surface area contributed by atoms with Crippen LogP contribution in [0.2, 0.25) is 5.02 Å². The third kappa shape index (κ3) is 4.31. The highest BCUT2D eigenvalue weighted by Gasteiger charge is 2.22. The van der Waals surface area contributed by atoms with Gasteiger partial charge in [-0.15, -0.1) is 0 Å². The van der Waals surface area contributed by atoms with Gasteiger partial charge in [-0.05, 0) is 61.7 Å². The highest BCUT2D eigenvalue weighted by atomic mass is 35.5. The summed E-state index contributed by atoms with van der Waals surface area (Å²) in [4.78, 5) is 16.6. The van der Waals surface area contributed by atoms with Gasteiger partial charge in [0.15, 0.2) is 6.61 Å². The van der Waals surface area contributed by atoms with Crippen molar-refractivity contribution in [3.8, 4) is 5.75 Å². The van der Waals surface area contributed by atoms with Crippen LogP contribution in [0.4, 0.5) is 5.69 Å². The number of halogens is 1. The maximum absolute atomic E-state index is 12.5. The summed E-state index contributed by atoms with van der Waals surface area (Å²) in [6.45, 7) is 9.20. The average Bonchev–Trinajstić information content (AvgIpc) is 2.63. The largest absolute Gasteiger partial charge is 0.483 e. The minimum absolute atomic E-state index is 0.0364. The molecule has 0 spiro atoms. The van der Waals surface area contributed by atoms with Crippen molar-refractivity contribution < 1.29 is 9.53 Å². The Balaban J connectivity index is 1.54. The lowest BCUT2D eigenvalue weighted by molar-refractivity contribution is -0.133. The second kappa shape index (κ2) is 8.00. The molecule has 2 aromatic carbocycles. The zero-order chi connectivity index (χ0) is 18.7. The number of rotatable bonds is 4. The third-order valence-electron chi connectivity index (χ3n) is 4.92. The predicted octanol–water partition coefficient (Wildman–Crippen LogP) is 3.99. The van der Waals surface area contributed by atoms with E-state index in [-0.39, 0.29) is 12.5 Å². The molecule has 0 saturated carbocycles. The van der Waals surface area contributed by atoms with Crippen LogP contribution in [0.15, 0.2) is 36.4 Å². The maximum Gasteiger partial charge on any atom is 0.260 e. The number of ether oxygens (including phenoxy) is 1. The van der Waals surface area contributed by atoms with Crippen LogP contribution in [0.5, 0.6) is 5.75 Å². The molecule has 3 rings (SSSR count). The molecule has 1 aliphatic rings. The Morgan fingerprint density at radius 2 is 1.81 bits per heavy atom. The Bertz CT molecular complexity index is 799. The van der Waals surface area contributed by atoms with E-state index in [0.717, 1.165) is 40.7 Å². The van der Waals surface area contributed by atoms with Crippen LogP contribution in [0.1, 0.15) is 16.7 Å². The Labute approximate surface area is 160 Å². The minimum Gasteiger partial charge on any atom is -0.483 e. The van der Waals surface area contributed by atoms with Crippen LogP contribution >= 0.6 is 11.6 Å². The Morgan fingerprint density at radius 1 is 1.08 bits per heavy atom. The van der Waals surface area contributed by atoms with Gasteiger partial charge in [-0.2, -0.15) is 0 Å². The fraction of sp³-hybridized carbons (Fsp3) is 0.381. The molecular formula is C21H25ClN2O2. The van der Waals surface area contributed by atoms with Crippen molar-refractivity contribution >= 4 is 23.2 Å². The van der Waals surface area contributed by atoms with Crippen LogP contribution < -0.4 is 9.64 Å². The molecule has 1 aliphatic heterocycles. The molecule has 0 bridgehead atoms. The van der Waals surface area contributed by atoms with Gasteiger partial charge in [-0.3, -0.25) is 4.79 Å². The molecule has 5 heteroatoms. The van der Waals surface area contributed by atoms with Crippen LogP contribution in [0, 0.1) is 20.8 Å². The molecule has 26 heavy (non-hydrogen) atoms. The van der Waals surface area contributed by atoms with E-state index in [1.54, 1.807) is 0 Å². The number of hydrogen-bond donors (Lipinski definition) is 0. The highest BCUT2D eigenvalue weighted by molar-refractivity contribution is 6.30. The zero-order valence-electron chi connectivity index (χ0n) is 15.6. The van der Waals surface area contributed by atoms with Gasteiger partial charge in [-0.25, -0.2) is 0 Å². The lowest BCUT2D eigenvalue weighted by atomic mass is 10.1. The van der Waals surface area contributed by atoms with E-state index in [1.165, 1.54) is 5.56 Å². The minimum atomic E-state index is 0.0364. The molecule has 1 heterocycles. The first-order valence-electron chi connectivity index (χ1n) is 8.93. The lowest BCUT2D eigenvalue weighted by Crippen LogP contribution is -2.50. The van der Waals surface area contributed by atoms with Gasteiger partial charge >= 0.3 is 0 Å². The molecule has 0 radical (unpaired) electrons. The highest BCUT2D eigenvalue weighted by Crippen LogP contribution is 2.24. The van der Waals surface area contributed by atoms with E-state index < -0.39 is 0 Å². The first-order chi connectivity index (χ1) is 12.4. The standard InChI is InChI=1S/C21H25ClN2O2/c1-15-11-16(2)17(3)20(12-15)26-14-21(25)24-9-7-23(8-10-24)19-6-4-5-18(22)13-19/h4-6,11-13H,7-10,14H2,1-3H3. The fourth-order valence-electron chi connectivity index (χ4n) is 3.27. The van der Waals surface area contributed by atoms with E-state index in [4.69, 9.17) is 16.3 Å². The third-order valence-corrected chi connectivity index (χ3v) is 5.16. The van der Waals surface area contributed by atoms with Gasteiger partial charge in [0.1, 0.15) is 5.75 Å². The topological polar surface area (TPSA) is 32.8 Å². The number of hydrogen-bond acceptors (Lipinski definition) is 3.